The third kappa shape index (κ3) is 5.62. The van der Waals surface area contributed by atoms with Gasteiger partial charge < -0.3 is 10.6 Å². The van der Waals surface area contributed by atoms with Crippen LogP contribution in [-0.2, 0) is 9.59 Å². The Balaban J connectivity index is 2.21. The fraction of sp³-hybridized carbons (Fsp3) is 0.867. The summed E-state index contributed by atoms with van der Waals surface area (Å²) < 4.78 is 0. The molecule has 0 aromatic carbocycles. The molecule has 1 aliphatic carbocycles. The van der Waals surface area contributed by atoms with E-state index in [1.807, 2.05) is 0 Å². The molecule has 1 rings (SSSR count). The SMILES string of the molecule is CC(CCCCNC=O)NC(=O)C1(C)CCCCC1. The second kappa shape index (κ2) is 8.18. The predicted molar refractivity (Wildman–Crippen MR) is 76.7 cm³/mol. The predicted octanol–water partition coefficient (Wildman–Crippen LogP) is 2.38. The lowest BCUT2D eigenvalue weighted by molar-refractivity contribution is -0.132. The summed E-state index contributed by atoms with van der Waals surface area (Å²) in [5, 5.41) is 5.80. The Morgan fingerprint density at radius 1 is 1.26 bits per heavy atom. The van der Waals surface area contributed by atoms with Crippen molar-refractivity contribution in [3.8, 4) is 0 Å². The molecular weight excluding hydrogens is 240 g/mol. The maximum absolute atomic E-state index is 12.3. The molecule has 19 heavy (non-hydrogen) atoms. The van der Waals surface area contributed by atoms with Crippen LogP contribution in [0.25, 0.3) is 0 Å². The number of carbonyl (C=O) groups is 2. The summed E-state index contributed by atoms with van der Waals surface area (Å²) in [6, 6.07) is 0.225. The average Bonchev–Trinajstić information content (AvgIpc) is 2.39. The Labute approximate surface area is 116 Å². The molecule has 0 aromatic rings. The molecule has 1 saturated carbocycles. The Morgan fingerprint density at radius 3 is 2.58 bits per heavy atom. The van der Waals surface area contributed by atoms with Crippen molar-refractivity contribution in [2.75, 3.05) is 6.54 Å². The molecule has 0 saturated heterocycles. The monoisotopic (exact) mass is 268 g/mol. The van der Waals surface area contributed by atoms with Crippen molar-refractivity contribution in [3.63, 3.8) is 0 Å². The highest BCUT2D eigenvalue weighted by Gasteiger charge is 2.34. The lowest BCUT2D eigenvalue weighted by atomic mass is 9.75. The summed E-state index contributed by atoms with van der Waals surface area (Å²) in [5.74, 6) is 0.228. The first kappa shape index (κ1) is 16.0. The minimum Gasteiger partial charge on any atom is -0.359 e. The first-order valence-electron chi connectivity index (χ1n) is 7.56. The topological polar surface area (TPSA) is 58.2 Å². The summed E-state index contributed by atoms with van der Waals surface area (Å²) in [6.45, 7) is 4.89. The van der Waals surface area contributed by atoms with Crippen LogP contribution in [0.15, 0.2) is 0 Å². The van der Waals surface area contributed by atoms with Gasteiger partial charge in [-0.25, -0.2) is 0 Å². The van der Waals surface area contributed by atoms with Crippen molar-refractivity contribution >= 4 is 12.3 Å². The van der Waals surface area contributed by atoms with Gasteiger partial charge in [0.2, 0.25) is 12.3 Å². The van der Waals surface area contributed by atoms with Gasteiger partial charge in [-0.2, -0.15) is 0 Å². The van der Waals surface area contributed by atoms with Crippen LogP contribution in [0.3, 0.4) is 0 Å². The maximum atomic E-state index is 12.3. The zero-order valence-corrected chi connectivity index (χ0v) is 12.3. The largest absolute Gasteiger partial charge is 0.359 e. The van der Waals surface area contributed by atoms with Gasteiger partial charge >= 0.3 is 0 Å². The number of hydrogen-bond donors (Lipinski definition) is 2. The zero-order valence-electron chi connectivity index (χ0n) is 12.3. The molecule has 0 heterocycles. The molecule has 1 aliphatic rings. The van der Waals surface area contributed by atoms with Crippen molar-refractivity contribution in [2.24, 2.45) is 5.41 Å². The molecular formula is C15H28N2O2. The number of carbonyl (C=O) groups excluding carboxylic acids is 2. The van der Waals surface area contributed by atoms with Crippen LogP contribution >= 0.6 is 0 Å². The van der Waals surface area contributed by atoms with Gasteiger partial charge in [-0.15, -0.1) is 0 Å². The molecule has 1 fully saturated rings. The van der Waals surface area contributed by atoms with Crippen LogP contribution in [0.5, 0.6) is 0 Å². The highest BCUT2D eigenvalue weighted by molar-refractivity contribution is 5.82. The molecule has 0 spiro atoms. The fourth-order valence-electron chi connectivity index (χ4n) is 2.77. The molecule has 0 aliphatic heterocycles. The molecule has 2 amide bonds. The molecule has 2 N–H and O–H groups in total. The van der Waals surface area contributed by atoms with Crippen LogP contribution in [0.2, 0.25) is 0 Å². The van der Waals surface area contributed by atoms with E-state index in [2.05, 4.69) is 24.5 Å². The van der Waals surface area contributed by atoms with Crippen LogP contribution in [0.4, 0.5) is 0 Å². The highest BCUT2D eigenvalue weighted by Crippen LogP contribution is 2.35. The van der Waals surface area contributed by atoms with E-state index in [1.165, 1.54) is 19.3 Å². The molecule has 4 heteroatoms. The Morgan fingerprint density at radius 2 is 1.95 bits per heavy atom. The molecule has 0 radical (unpaired) electrons. The van der Waals surface area contributed by atoms with Gasteiger partial charge in [-0.1, -0.05) is 26.2 Å². The number of amides is 2. The Bertz CT molecular complexity index is 286. The number of rotatable bonds is 8. The second-order valence-electron chi connectivity index (χ2n) is 6.06. The maximum Gasteiger partial charge on any atom is 0.226 e. The van der Waals surface area contributed by atoms with Gasteiger partial charge in [-0.3, -0.25) is 9.59 Å². The first-order valence-corrected chi connectivity index (χ1v) is 7.56. The smallest absolute Gasteiger partial charge is 0.226 e. The molecule has 1 atom stereocenters. The van der Waals surface area contributed by atoms with Gasteiger partial charge in [0, 0.05) is 18.0 Å². The van der Waals surface area contributed by atoms with Crippen molar-refractivity contribution in [1.82, 2.24) is 10.6 Å². The second-order valence-corrected chi connectivity index (χ2v) is 6.06. The third-order valence-corrected chi connectivity index (χ3v) is 4.17. The first-order chi connectivity index (χ1) is 9.08. The normalized spacial score (nSPS) is 19.5. The van der Waals surface area contributed by atoms with Gasteiger partial charge in [0.1, 0.15) is 0 Å². The summed E-state index contributed by atoms with van der Waals surface area (Å²) in [6.07, 6.45) is 9.36. The lowest BCUT2D eigenvalue weighted by Gasteiger charge is -2.33. The number of unbranched alkanes of at least 4 members (excludes halogenated alkanes) is 1. The van der Waals surface area contributed by atoms with Crippen LogP contribution in [-0.4, -0.2) is 24.9 Å². The molecule has 1 unspecified atom stereocenters. The van der Waals surface area contributed by atoms with E-state index in [1.54, 1.807) is 0 Å². The van der Waals surface area contributed by atoms with E-state index in [9.17, 15) is 9.59 Å². The zero-order chi connectivity index (χ0) is 14.1. The number of nitrogens with one attached hydrogen (secondary N) is 2. The molecule has 4 nitrogen and oxygen atoms in total. The Kier molecular flexibility index (Phi) is 6.89. The van der Waals surface area contributed by atoms with E-state index in [-0.39, 0.29) is 17.4 Å². The van der Waals surface area contributed by atoms with E-state index in [4.69, 9.17) is 0 Å². The van der Waals surface area contributed by atoms with Crippen LogP contribution < -0.4 is 10.6 Å². The molecule has 0 bridgehead atoms. The summed E-state index contributed by atoms with van der Waals surface area (Å²) in [5.41, 5.74) is -0.147. The highest BCUT2D eigenvalue weighted by atomic mass is 16.2. The van der Waals surface area contributed by atoms with Crippen LogP contribution in [0, 0.1) is 5.41 Å². The van der Waals surface area contributed by atoms with Crippen molar-refractivity contribution in [3.05, 3.63) is 0 Å². The van der Waals surface area contributed by atoms with Crippen molar-refractivity contribution < 1.29 is 9.59 Å². The fourth-order valence-corrected chi connectivity index (χ4v) is 2.77. The summed E-state index contributed by atoms with van der Waals surface area (Å²) in [7, 11) is 0. The number of hydrogen-bond acceptors (Lipinski definition) is 2. The molecule has 110 valence electrons. The van der Waals surface area contributed by atoms with E-state index in [0.717, 1.165) is 45.1 Å². The average molecular weight is 268 g/mol. The minimum atomic E-state index is -0.147. The third-order valence-electron chi connectivity index (χ3n) is 4.17. The van der Waals surface area contributed by atoms with E-state index < -0.39 is 0 Å². The van der Waals surface area contributed by atoms with Crippen LogP contribution in [0.1, 0.15) is 65.2 Å². The Hall–Kier alpha value is -1.06. The van der Waals surface area contributed by atoms with Gasteiger partial charge in [0.15, 0.2) is 0 Å². The van der Waals surface area contributed by atoms with Crippen molar-refractivity contribution in [1.29, 1.82) is 0 Å². The minimum absolute atomic E-state index is 0.147. The summed E-state index contributed by atoms with van der Waals surface area (Å²) >= 11 is 0. The molecule has 0 aromatic heterocycles. The van der Waals surface area contributed by atoms with E-state index in [0.29, 0.717) is 0 Å². The standard InChI is InChI=1S/C15H28N2O2/c1-13(8-4-7-11-16-12-18)17-14(19)15(2)9-5-3-6-10-15/h12-13H,3-11H2,1-2H3,(H,16,18)(H,17,19). The van der Waals surface area contributed by atoms with Gasteiger partial charge in [-0.05, 0) is 39.0 Å². The van der Waals surface area contributed by atoms with Gasteiger partial charge in [0.05, 0.1) is 0 Å². The summed E-state index contributed by atoms with van der Waals surface area (Å²) in [4.78, 5) is 22.4. The van der Waals surface area contributed by atoms with Crippen molar-refractivity contribution in [2.45, 2.75) is 71.3 Å². The van der Waals surface area contributed by atoms with Gasteiger partial charge in [0.25, 0.3) is 0 Å². The van der Waals surface area contributed by atoms with E-state index >= 15 is 0 Å². The lowest BCUT2D eigenvalue weighted by Crippen LogP contribution is -2.44. The quantitative estimate of drug-likeness (QED) is 0.524.